The SMILES string of the molecule is O=C(c1ccc(C(F)(F)F)c(Cl)c1)C(F)(F)C(F)(F)C(F)(F)C(F)(F)F. The highest BCUT2D eigenvalue weighted by molar-refractivity contribution is 6.31. The van der Waals surface area contributed by atoms with E-state index in [4.69, 9.17) is 11.6 Å². The molecule has 1 nitrogen and oxygen atoms in total. The van der Waals surface area contributed by atoms with E-state index in [9.17, 15) is 57.5 Å². The van der Waals surface area contributed by atoms with E-state index in [-0.39, 0.29) is 18.2 Å². The van der Waals surface area contributed by atoms with Gasteiger partial charge in [0.1, 0.15) is 0 Å². The van der Waals surface area contributed by atoms with Crippen molar-refractivity contribution in [3.63, 3.8) is 0 Å². The highest BCUT2D eigenvalue weighted by Crippen LogP contribution is 2.54. The molecule has 0 aromatic heterocycles. The molecular weight excluding hydrogens is 424 g/mol. The molecule has 1 aromatic carbocycles. The van der Waals surface area contributed by atoms with Crippen LogP contribution in [0.3, 0.4) is 0 Å². The standard InChI is InChI=1S/C12H3ClF12O/c13-6-3-4(1-2-5(6)9(16,17)18)7(26)8(14,15)10(19,20)11(21,22)12(23,24)25/h1-3H. The lowest BCUT2D eigenvalue weighted by atomic mass is 9.95. The monoisotopic (exact) mass is 426 g/mol. The maximum absolute atomic E-state index is 13.4. The van der Waals surface area contributed by atoms with Gasteiger partial charge in [-0.05, 0) is 12.1 Å². The fourth-order valence-corrected chi connectivity index (χ4v) is 1.87. The summed E-state index contributed by atoms with van der Waals surface area (Å²) in [5.74, 6) is -24.4. The second kappa shape index (κ2) is 6.20. The maximum atomic E-state index is 13.4. The summed E-state index contributed by atoms with van der Waals surface area (Å²) in [5.41, 5.74) is -3.42. The molecule has 0 atom stereocenters. The third-order valence-corrected chi connectivity index (χ3v) is 3.28. The zero-order valence-electron chi connectivity index (χ0n) is 11.6. The number of rotatable bonds is 4. The topological polar surface area (TPSA) is 17.1 Å². The lowest BCUT2D eigenvalue weighted by molar-refractivity contribution is -0.386. The second-order valence-electron chi connectivity index (χ2n) is 4.74. The van der Waals surface area contributed by atoms with E-state index >= 15 is 0 Å². The first-order chi connectivity index (χ1) is 11.3. The average Bonchev–Trinajstić information content (AvgIpc) is 2.43. The third-order valence-electron chi connectivity index (χ3n) is 2.97. The van der Waals surface area contributed by atoms with E-state index in [2.05, 4.69) is 0 Å². The van der Waals surface area contributed by atoms with Crippen molar-refractivity contribution in [1.29, 1.82) is 0 Å². The van der Waals surface area contributed by atoms with E-state index in [0.717, 1.165) is 0 Å². The number of ketones is 1. The van der Waals surface area contributed by atoms with Gasteiger partial charge < -0.3 is 0 Å². The fraction of sp³-hybridized carbons (Fsp3) is 0.417. The van der Waals surface area contributed by atoms with Gasteiger partial charge in [-0.1, -0.05) is 17.7 Å². The highest BCUT2D eigenvalue weighted by atomic mass is 35.5. The minimum absolute atomic E-state index is 0.105. The van der Waals surface area contributed by atoms with Crippen molar-refractivity contribution in [2.24, 2.45) is 0 Å². The van der Waals surface area contributed by atoms with Crippen molar-refractivity contribution in [2.45, 2.75) is 30.1 Å². The number of carbonyl (C=O) groups excluding carboxylic acids is 1. The molecule has 0 aliphatic heterocycles. The summed E-state index contributed by atoms with van der Waals surface area (Å²) in [6.45, 7) is 0. The predicted octanol–water partition coefficient (Wildman–Crippen LogP) is 6.01. The van der Waals surface area contributed by atoms with Gasteiger partial charge in [-0.25, -0.2) is 0 Å². The summed E-state index contributed by atoms with van der Waals surface area (Å²) in [5, 5.41) is -1.44. The van der Waals surface area contributed by atoms with E-state index in [0.29, 0.717) is 0 Å². The molecule has 0 aliphatic carbocycles. The summed E-state index contributed by atoms with van der Waals surface area (Å²) in [7, 11) is 0. The Balaban J connectivity index is 3.41. The minimum atomic E-state index is -7.31. The second-order valence-corrected chi connectivity index (χ2v) is 5.15. The van der Waals surface area contributed by atoms with E-state index in [1.165, 1.54) is 0 Å². The number of hydrogen-bond acceptors (Lipinski definition) is 1. The molecule has 1 rings (SSSR count). The molecule has 0 amide bonds. The third kappa shape index (κ3) is 3.45. The zero-order chi connectivity index (χ0) is 20.9. The molecule has 0 unspecified atom stereocenters. The van der Waals surface area contributed by atoms with Crippen LogP contribution in [0.15, 0.2) is 18.2 Å². The first-order valence-electron chi connectivity index (χ1n) is 5.90. The van der Waals surface area contributed by atoms with Crippen LogP contribution in [0.25, 0.3) is 0 Å². The number of hydrogen-bond donors (Lipinski definition) is 0. The van der Waals surface area contributed by atoms with Crippen molar-refractivity contribution in [3.8, 4) is 0 Å². The maximum Gasteiger partial charge on any atom is 0.460 e. The Hall–Kier alpha value is -1.66. The normalized spacial score (nSPS) is 14.5. The zero-order valence-corrected chi connectivity index (χ0v) is 12.3. The first-order valence-corrected chi connectivity index (χ1v) is 6.28. The number of alkyl halides is 12. The molecule has 0 heterocycles. The van der Waals surface area contributed by atoms with Crippen LogP contribution in [-0.2, 0) is 6.18 Å². The summed E-state index contributed by atoms with van der Waals surface area (Å²) < 4.78 is 152. The molecule has 0 bridgehead atoms. The molecule has 148 valence electrons. The van der Waals surface area contributed by atoms with Crippen molar-refractivity contribution in [3.05, 3.63) is 34.3 Å². The van der Waals surface area contributed by atoms with Crippen molar-refractivity contribution < 1.29 is 57.5 Å². The van der Waals surface area contributed by atoms with Crippen LogP contribution in [0.4, 0.5) is 52.7 Å². The summed E-state index contributed by atoms with van der Waals surface area (Å²) >= 11 is 5.05. The molecular formula is C12H3ClF12O. The lowest BCUT2D eigenvalue weighted by Gasteiger charge is -2.32. The molecule has 0 spiro atoms. The van der Waals surface area contributed by atoms with Gasteiger partial charge in [-0.3, -0.25) is 4.79 Å². The molecule has 0 saturated carbocycles. The van der Waals surface area contributed by atoms with Crippen LogP contribution in [0.2, 0.25) is 5.02 Å². The van der Waals surface area contributed by atoms with Gasteiger partial charge in [0, 0.05) is 5.56 Å². The summed E-state index contributed by atoms with van der Waals surface area (Å²) in [6, 6.07) is -0.430. The Bertz CT molecular complexity index is 703. The van der Waals surface area contributed by atoms with Crippen LogP contribution in [0.1, 0.15) is 15.9 Å². The van der Waals surface area contributed by atoms with Gasteiger partial charge in [0.2, 0.25) is 5.78 Å². The van der Waals surface area contributed by atoms with Gasteiger partial charge in [0.05, 0.1) is 10.6 Å². The smallest absolute Gasteiger partial charge is 0.287 e. The lowest BCUT2D eigenvalue weighted by Crippen LogP contribution is -2.63. The minimum Gasteiger partial charge on any atom is -0.287 e. The quantitative estimate of drug-likeness (QED) is 0.426. The van der Waals surface area contributed by atoms with E-state index in [1.807, 2.05) is 0 Å². The first kappa shape index (κ1) is 22.4. The van der Waals surface area contributed by atoms with Crippen LogP contribution in [0, 0.1) is 0 Å². The number of benzene rings is 1. The van der Waals surface area contributed by atoms with Crippen LogP contribution in [-0.4, -0.2) is 29.7 Å². The largest absolute Gasteiger partial charge is 0.460 e. The van der Waals surface area contributed by atoms with Crippen LogP contribution in [0.5, 0.6) is 0 Å². The molecule has 0 radical (unpaired) electrons. The Morgan fingerprint density at radius 1 is 0.769 bits per heavy atom. The molecule has 0 N–H and O–H groups in total. The number of Topliss-reactive ketones (excluding diaryl/α,β-unsaturated/α-hetero) is 1. The van der Waals surface area contributed by atoms with Crippen molar-refractivity contribution in [1.82, 2.24) is 0 Å². The van der Waals surface area contributed by atoms with Gasteiger partial charge in [0.15, 0.2) is 0 Å². The fourth-order valence-electron chi connectivity index (χ4n) is 1.59. The number of halogens is 13. The molecule has 0 fully saturated rings. The number of carbonyl (C=O) groups is 1. The Labute approximate surface area is 140 Å². The predicted molar refractivity (Wildman–Crippen MR) is 61.7 cm³/mol. The summed E-state index contributed by atoms with van der Waals surface area (Å²) in [6.07, 6.45) is -12.3. The average molecular weight is 427 g/mol. The molecule has 0 saturated heterocycles. The Morgan fingerprint density at radius 3 is 1.58 bits per heavy atom. The highest BCUT2D eigenvalue weighted by Gasteiger charge is 2.83. The molecule has 26 heavy (non-hydrogen) atoms. The van der Waals surface area contributed by atoms with Gasteiger partial charge >= 0.3 is 30.1 Å². The Kier molecular flexibility index (Phi) is 5.34. The van der Waals surface area contributed by atoms with Gasteiger partial charge in [-0.2, -0.15) is 52.7 Å². The van der Waals surface area contributed by atoms with E-state index < -0.39 is 52.1 Å². The van der Waals surface area contributed by atoms with Gasteiger partial charge in [-0.15, -0.1) is 0 Å². The summed E-state index contributed by atoms with van der Waals surface area (Å²) in [4.78, 5) is 11.3. The molecule has 14 heteroatoms. The van der Waals surface area contributed by atoms with Crippen molar-refractivity contribution in [2.75, 3.05) is 0 Å². The molecule has 1 aromatic rings. The van der Waals surface area contributed by atoms with Crippen molar-refractivity contribution >= 4 is 17.4 Å². The van der Waals surface area contributed by atoms with Crippen LogP contribution >= 0.6 is 11.6 Å². The van der Waals surface area contributed by atoms with Gasteiger partial charge in [0.25, 0.3) is 0 Å². The molecule has 0 aliphatic rings. The Morgan fingerprint density at radius 2 is 1.23 bits per heavy atom. The van der Waals surface area contributed by atoms with Crippen LogP contribution < -0.4 is 0 Å². The van der Waals surface area contributed by atoms with E-state index in [1.54, 1.807) is 0 Å².